The molecule has 0 spiro atoms. The predicted molar refractivity (Wildman–Crippen MR) is 138 cm³/mol. The Kier molecular flexibility index (Phi) is 3.54. The normalized spacial score (nSPS) is 11.9. The van der Waals surface area contributed by atoms with Gasteiger partial charge in [-0.2, -0.15) is 0 Å². The van der Waals surface area contributed by atoms with Crippen LogP contribution < -0.4 is 0 Å². The van der Waals surface area contributed by atoms with Gasteiger partial charge in [0.2, 0.25) is 0 Å². The lowest BCUT2D eigenvalue weighted by Gasteiger charge is -2.12. The molecule has 0 saturated heterocycles. The van der Waals surface area contributed by atoms with Crippen LogP contribution in [0.3, 0.4) is 0 Å². The first-order valence-corrected chi connectivity index (χ1v) is 11.1. The van der Waals surface area contributed by atoms with Crippen LogP contribution in [-0.4, -0.2) is 4.57 Å². The molecular formula is C31H21N. The van der Waals surface area contributed by atoms with Gasteiger partial charge in [0.15, 0.2) is 0 Å². The van der Waals surface area contributed by atoms with Crippen LogP contribution in [0.15, 0.2) is 109 Å². The fourth-order valence-electron chi connectivity index (χ4n) is 5.34. The minimum absolute atomic E-state index is 1.20. The Bertz CT molecular complexity index is 1820. The molecule has 7 aromatic rings. The van der Waals surface area contributed by atoms with Gasteiger partial charge in [0.05, 0.1) is 11.0 Å². The summed E-state index contributed by atoms with van der Waals surface area (Å²) in [5.41, 5.74) is 4.97. The SMILES string of the molecule is Cc1ccc(-n2c3ccccc3c3cc4c5ccccc5c5ccccc5c4cc32)cc1. The number of hydrogen-bond donors (Lipinski definition) is 0. The van der Waals surface area contributed by atoms with E-state index in [-0.39, 0.29) is 0 Å². The molecule has 6 aromatic carbocycles. The Morgan fingerprint density at radius 3 is 1.53 bits per heavy atom. The molecular weight excluding hydrogens is 386 g/mol. The average Bonchev–Trinajstić information content (AvgIpc) is 3.17. The van der Waals surface area contributed by atoms with E-state index in [1.807, 2.05) is 0 Å². The van der Waals surface area contributed by atoms with Gasteiger partial charge >= 0.3 is 0 Å². The molecule has 150 valence electrons. The number of hydrogen-bond acceptors (Lipinski definition) is 0. The molecule has 0 saturated carbocycles. The largest absolute Gasteiger partial charge is 0.309 e. The third-order valence-electron chi connectivity index (χ3n) is 6.83. The summed E-state index contributed by atoms with van der Waals surface area (Å²) in [5.74, 6) is 0. The first-order chi connectivity index (χ1) is 15.8. The first kappa shape index (κ1) is 17.6. The van der Waals surface area contributed by atoms with E-state index in [0.717, 1.165) is 0 Å². The van der Waals surface area contributed by atoms with Gasteiger partial charge in [0.25, 0.3) is 0 Å². The zero-order valence-corrected chi connectivity index (χ0v) is 17.8. The van der Waals surface area contributed by atoms with Crippen molar-refractivity contribution in [3.8, 4) is 5.69 Å². The van der Waals surface area contributed by atoms with Crippen LogP contribution in [0.4, 0.5) is 0 Å². The molecule has 1 aromatic heterocycles. The van der Waals surface area contributed by atoms with Gasteiger partial charge in [-0.05, 0) is 69.6 Å². The molecule has 32 heavy (non-hydrogen) atoms. The highest BCUT2D eigenvalue weighted by Crippen LogP contribution is 2.40. The van der Waals surface area contributed by atoms with Gasteiger partial charge < -0.3 is 4.57 Å². The van der Waals surface area contributed by atoms with E-state index in [1.54, 1.807) is 0 Å². The van der Waals surface area contributed by atoms with Gasteiger partial charge in [-0.25, -0.2) is 0 Å². The zero-order valence-electron chi connectivity index (χ0n) is 17.8. The Labute approximate surface area is 186 Å². The number of rotatable bonds is 1. The first-order valence-electron chi connectivity index (χ1n) is 11.1. The van der Waals surface area contributed by atoms with Gasteiger partial charge in [-0.3, -0.25) is 0 Å². The quantitative estimate of drug-likeness (QED) is 0.240. The van der Waals surface area contributed by atoms with E-state index in [4.69, 9.17) is 0 Å². The van der Waals surface area contributed by atoms with Crippen molar-refractivity contribution in [3.63, 3.8) is 0 Å². The molecule has 0 aliphatic heterocycles. The molecule has 0 N–H and O–H groups in total. The average molecular weight is 408 g/mol. The Morgan fingerprint density at radius 1 is 0.406 bits per heavy atom. The van der Waals surface area contributed by atoms with Crippen LogP contribution in [0.1, 0.15) is 5.56 Å². The van der Waals surface area contributed by atoms with E-state index < -0.39 is 0 Å². The summed E-state index contributed by atoms with van der Waals surface area (Å²) in [5, 5.41) is 10.5. The second-order valence-electron chi connectivity index (χ2n) is 8.69. The van der Waals surface area contributed by atoms with Gasteiger partial charge in [0, 0.05) is 16.5 Å². The molecule has 0 unspecified atom stereocenters. The Balaban J connectivity index is 1.75. The number of nitrogens with zero attached hydrogens (tertiary/aromatic N) is 1. The highest BCUT2D eigenvalue weighted by atomic mass is 15.0. The van der Waals surface area contributed by atoms with Crippen molar-refractivity contribution in [2.24, 2.45) is 0 Å². The van der Waals surface area contributed by atoms with Crippen molar-refractivity contribution in [1.82, 2.24) is 4.57 Å². The van der Waals surface area contributed by atoms with Crippen molar-refractivity contribution in [3.05, 3.63) is 115 Å². The topological polar surface area (TPSA) is 4.93 Å². The van der Waals surface area contributed by atoms with Gasteiger partial charge in [0.1, 0.15) is 0 Å². The Hall–Kier alpha value is -4.10. The van der Waals surface area contributed by atoms with E-state index in [0.29, 0.717) is 0 Å². The summed E-state index contributed by atoms with van der Waals surface area (Å²) in [4.78, 5) is 0. The predicted octanol–water partition coefficient (Wildman–Crippen LogP) is 8.55. The van der Waals surface area contributed by atoms with Crippen LogP contribution in [0.2, 0.25) is 0 Å². The second-order valence-corrected chi connectivity index (χ2v) is 8.69. The van der Waals surface area contributed by atoms with Crippen LogP contribution in [-0.2, 0) is 0 Å². The maximum Gasteiger partial charge on any atom is 0.0547 e. The van der Waals surface area contributed by atoms with E-state index in [9.17, 15) is 0 Å². The summed E-state index contributed by atoms with van der Waals surface area (Å²) >= 11 is 0. The van der Waals surface area contributed by atoms with E-state index >= 15 is 0 Å². The summed E-state index contributed by atoms with van der Waals surface area (Å²) < 4.78 is 2.41. The number of aryl methyl sites for hydroxylation is 1. The molecule has 1 heterocycles. The van der Waals surface area contributed by atoms with Crippen LogP contribution >= 0.6 is 0 Å². The van der Waals surface area contributed by atoms with Crippen molar-refractivity contribution in [2.45, 2.75) is 6.92 Å². The molecule has 0 aliphatic rings. The molecule has 0 fully saturated rings. The number of fused-ring (bicyclic) bond motifs is 9. The third-order valence-corrected chi connectivity index (χ3v) is 6.83. The molecule has 0 aliphatic carbocycles. The van der Waals surface area contributed by atoms with E-state index in [1.165, 1.54) is 65.4 Å². The smallest absolute Gasteiger partial charge is 0.0547 e. The van der Waals surface area contributed by atoms with Crippen LogP contribution in [0.25, 0.3) is 59.8 Å². The minimum Gasteiger partial charge on any atom is -0.309 e. The summed E-state index contributed by atoms with van der Waals surface area (Å²) in [6.07, 6.45) is 0. The fourth-order valence-corrected chi connectivity index (χ4v) is 5.34. The number of para-hydroxylation sites is 1. The van der Waals surface area contributed by atoms with Crippen LogP contribution in [0, 0.1) is 6.92 Å². The van der Waals surface area contributed by atoms with Crippen molar-refractivity contribution in [2.75, 3.05) is 0 Å². The molecule has 0 radical (unpaired) electrons. The summed E-state index contributed by atoms with van der Waals surface area (Å²) in [6.45, 7) is 2.14. The molecule has 0 atom stereocenters. The summed E-state index contributed by atoms with van der Waals surface area (Å²) in [7, 11) is 0. The van der Waals surface area contributed by atoms with Crippen molar-refractivity contribution in [1.29, 1.82) is 0 Å². The van der Waals surface area contributed by atoms with Gasteiger partial charge in [-0.1, -0.05) is 84.4 Å². The highest BCUT2D eigenvalue weighted by Gasteiger charge is 2.15. The second kappa shape index (κ2) is 6.45. The molecule has 0 amide bonds. The third kappa shape index (κ3) is 2.34. The molecule has 1 nitrogen and oxygen atoms in total. The lowest BCUT2D eigenvalue weighted by Crippen LogP contribution is -1.94. The zero-order chi connectivity index (χ0) is 21.2. The minimum atomic E-state index is 1.20. The number of aromatic nitrogens is 1. The van der Waals surface area contributed by atoms with Crippen molar-refractivity contribution >= 4 is 54.1 Å². The fraction of sp³-hybridized carbons (Fsp3) is 0.0323. The maximum atomic E-state index is 2.41. The lowest BCUT2D eigenvalue weighted by atomic mass is 9.93. The van der Waals surface area contributed by atoms with Gasteiger partial charge in [-0.15, -0.1) is 0 Å². The Morgan fingerprint density at radius 2 is 0.906 bits per heavy atom. The lowest BCUT2D eigenvalue weighted by molar-refractivity contribution is 1.18. The molecule has 0 bridgehead atoms. The standard InChI is InChI=1S/C31H21N/c1-20-14-16-21(17-15-20)32-30-13-7-6-12-26(30)29-18-27-24-10-4-2-8-22(24)23-9-3-5-11-25(23)28(27)19-31(29)32/h2-19H,1H3. The molecule has 1 heteroatoms. The van der Waals surface area contributed by atoms with Crippen molar-refractivity contribution < 1.29 is 0 Å². The number of benzene rings is 6. The highest BCUT2D eigenvalue weighted by molar-refractivity contribution is 6.28. The monoisotopic (exact) mass is 407 g/mol. The molecule has 7 rings (SSSR count). The van der Waals surface area contributed by atoms with E-state index in [2.05, 4.69) is 121 Å². The maximum absolute atomic E-state index is 2.41. The van der Waals surface area contributed by atoms with Crippen LogP contribution in [0.5, 0.6) is 0 Å². The summed E-state index contributed by atoms with van der Waals surface area (Å²) in [6, 6.07) is 40.0.